The van der Waals surface area contributed by atoms with E-state index < -0.39 is 6.10 Å². The number of carbonyl (C=O) groups is 1. The molecule has 0 saturated heterocycles. The number of nitrogens with one attached hydrogen (secondary N) is 1. The molecule has 0 radical (unpaired) electrons. The SMILES string of the molecule is CC[C@H](Oc1ccccc1C)C(=O)NCc1nc(C)c(C)o1. The van der Waals surface area contributed by atoms with Gasteiger partial charge in [-0.25, -0.2) is 4.98 Å². The van der Waals surface area contributed by atoms with Crippen LogP contribution >= 0.6 is 0 Å². The lowest BCUT2D eigenvalue weighted by Crippen LogP contribution is -2.37. The van der Waals surface area contributed by atoms with Crippen molar-refractivity contribution in [1.29, 1.82) is 0 Å². The van der Waals surface area contributed by atoms with Gasteiger partial charge in [0, 0.05) is 0 Å². The monoisotopic (exact) mass is 302 g/mol. The standard InChI is InChI=1S/C17H22N2O3/c1-5-14(22-15-9-7-6-8-11(15)2)17(20)18-10-16-19-12(3)13(4)21-16/h6-9,14H,5,10H2,1-4H3,(H,18,20)/t14-/m0/s1. The van der Waals surface area contributed by atoms with Crippen molar-refractivity contribution in [3.05, 3.63) is 47.2 Å². The predicted molar refractivity (Wildman–Crippen MR) is 83.7 cm³/mol. The van der Waals surface area contributed by atoms with Crippen molar-refractivity contribution in [3.8, 4) is 5.75 Å². The number of oxazole rings is 1. The third-order valence-corrected chi connectivity index (χ3v) is 3.51. The van der Waals surface area contributed by atoms with Gasteiger partial charge in [-0.15, -0.1) is 0 Å². The first kappa shape index (κ1) is 16.1. The molecule has 22 heavy (non-hydrogen) atoms. The van der Waals surface area contributed by atoms with Crippen LogP contribution in [-0.4, -0.2) is 17.0 Å². The zero-order chi connectivity index (χ0) is 16.1. The van der Waals surface area contributed by atoms with Crippen molar-refractivity contribution < 1.29 is 13.9 Å². The van der Waals surface area contributed by atoms with E-state index in [0.717, 1.165) is 22.8 Å². The Labute approximate surface area is 130 Å². The van der Waals surface area contributed by atoms with E-state index >= 15 is 0 Å². The van der Waals surface area contributed by atoms with Gasteiger partial charge in [0.25, 0.3) is 5.91 Å². The van der Waals surface area contributed by atoms with Crippen LogP contribution in [0.1, 0.15) is 36.3 Å². The fraction of sp³-hybridized carbons (Fsp3) is 0.412. The molecule has 0 spiro atoms. The molecule has 0 unspecified atom stereocenters. The molecular weight excluding hydrogens is 280 g/mol. The third kappa shape index (κ3) is 3.87. The summed E-state index contributed by atoms with van der Waals surface area (Å²) in [4.78, 5) is 16.5. The second kappa shape index (κ2) is 7.11. The molecule has 0 aliphatic heterocycles. The Morgan fingerprint density at radius 1 is 1.32 bits per heavy atom. The number of rotatable bonds is 6. The number of hydrogen-bond acceptors (Lipinski definition) is 4. The summed E-state index contributed by atoms with van der Waals surface area (Å²) in [6, 6.07) is 7.66. The van der Waals surface area contributed by atoms with Gasteiger partial charge in [-0.05, 0) is 38.8 Å². The number of amides is 1. The Bertz CT molecular complexity index is 630. The summed E-state index contributed by atoms with van der Waals surface area (Å²) < 4.78 is 11.3. The van der Waals surface area contributed by atoms with Gasteiger partial charge in [-0.1, -0.05) is 25.1 Å². The van der Waals surface area contributed by atoms with E-state index in [1.54, 1.807) is 0 Å². The lowest BCUT2D eigenvalue weighted by molar-refractivity contribution is -0.128. The van der Waals surface area contributed by atoms with Crippen LogP contribution in [0, 0.1) is 20.8 Å². The molecule has 0 saturated carbocycles. The molecule has 1 N–H and O–H groups in total. The van der Waals surface area contributed by atoms with Gasteiger partial charge in [0.2, 0.25) is 5.89 Å². The molecule has 1 atom stereocenters. The van der Waals surface area contributed by atoms with Gasteiger partial charge >= 0.3 is 0 Å². The highest BCUT2D eigenvalue weighted by molar-refractivity contribution is 5.81. The quantitative estimate of drug-likeness (QED) is 0.890. The second-order valence-electron chi connectivity index (χ2n) is 5.25. The molecule has 0 aliphatic carbocycles. The molecule has 5 nitrogen and oxygen atoms in total. The van der Waals surface area contributed by atoms with Gasteiger partial charge in [-0.3, -0.25) is 4.79 Å². The fourth-order valence-corrected chi connectivity index (χ4v) is 2.06. The summed E-state index contributed by atoms with van der Waals surface area (Å²) >= 11 is 0. The number of ether oxygens (including phenoxy) is 1. The largest absolute Gasteiger partial charge is 0.480 e. The van der Waals surface area contributed by atoms with Crippen LogP contribution in [-0.2, 0) is 11.3 Å². The molecular formula is C17H22N2O3. The van der Waals surface area contributed by atoms with E-state index in [1.807, 2.05) is 52.0 Å². The van der Waals surface area contributed by atoms with E-state index in [-0.39, 0.29) is 12.5 Å². The van der Waals surface area contributed by atoms with Gasteiger partial charge in [0.05, 0.1) is 12.2 Å². The Balaban J connectivity index is 1.95. The molecule has 0 aliphatic rings. The maximum Gasteiger partial charge on any atom is 0.261 e. The summed E-state index contributed by atoms with van der Waals surface area (Å²) in [7, 11) is 0. The molecule has 1 aromatic heterocycles. The number of carbonyl (C=O) groups excluding carboxylic acids is 1. The summed E-state index contributed by atoms with van der Waals surface area (Å²) in [5.41, 5.74) is 1.85. The maximum atomic E-state index is 12.2. The molecule has 2 rings (SSSR count). The summed E-state index contributed by atoms with van der Waals surface area (Å²) in [5.74, 6) is 1.84. The van der Waals surface area contributed by atoms with E-state index in [0.29, 0.717) is 12.3 Å². The molecule has 2 aromatic rings. The normalized spacial score (nSPS) is 12.0. The van der Waals surface area contributed by atoms with Crippen LogP contribution in [0.15, 0.2) is 28.7 Å². The van der Waals surface area contributed by atoms with Crippen molar-refractivity contribution in [3.63, 3.8) is 0 Å². The molecule has 1 amide bonds. The van der Waals surface area contributed by atoms with Crippen molar-refractivity contribution in [2.75, 3.05) is 0 Å². The summed E-state index contributed by atoms with van der Waals surface area (Å²) in [6.45, 7) is 7.87. The molecule has 1 aromatic carbocycles. The first-order chi connectivity index (χ1) is 10.5. The number of para-hydroxylation sites is 1. The van der Waals surface area contributed by atoms with Crippen LogP contribution in [0.25, 0.3) is 0 Å². The summed E-state index contributed by atoms with van der Waals surface area (Å²) in [6.07, 6.45) is 0.0577. The van der Waals surface area contributed by atoms with Gasteiger partial charge in [0.15, 0.2) is 6.10 Å². The first-order valence-corrected chi connectivity index (χ1v) is 7.44. The zero-order valence-electron chi connectivity index (χ0n) is 13.5. The topological polar surface area (TPSA) is 64.4 Å². The smallest absolute Gasteiger partial charge is 0.261 e. The van der Waals surface area contributed by atoms with Crippen LogP contribution in [0.3, 0.4) is 0 Å². The minimum Gasteiger partial charge on any atom is -0.480 e. The Morgan fingerprint density at radius 2 is 2.05 bits per heavy atom. The molecule has 0 fully saturated rings. The average Bonchev–Trinajstić information content (AvgIpc) is 2.82. The molecule has 1 heterocycles. The number of aryl methyl sites for hydroxylation is 3. The van der Waals surface area contributed by atoms with E-state index in [4.69, 9.17) is 9.15 Å². The average molecular weight is 302 g/mol. The van der Waals surface area contributed by atoms with Gasteiger partial charge in [0.1, 0.15) is 11.5 Å². The first-order valence-electron chi connectivity index (χ1n) is 7.44. The van der Waals surface area contributed by atoms with Crippen molar-refractivity contribution in [2.24, 2.45) is 0 Å². The minimum atomic E-state index is -0.529. The minimum absolute atomic E-state index is 0.167. The van der Waals surface area contributed by atoms with E-state index in [9.17, 15) is 4.79 Å². The van der Waals surface area contributed by atoms with Crippen LogP contribution in [0.4, 0.5) is 0 Å². The lowest BCUT2D eigenvalue weighted by Gasteiger charge is -2.18. The van der Waals surface area contributed by atoms with Crippen LogP contribution in [0.2, 0.25) is 0 Å². The number of aromatic nitrogens is 1. The molecule has 5 heteroatoms. The number of nitrogens with zero attached hydrogens (tertiary/aromatic N) is 1. The second-order valence-corrected chi connectivity index (χ2v) is 5.25. The maximum absolute atomic E-state index is 12.2. The highest BCUT2D eigenvalue weighted by Gasteiger charge is 2.19. The van der Waals surface area contributed by atoms with Gasteiger partial charge in [-0.2, -0.15) is 0 Å². The highest BCUT2D eigenvalue weighted by atomic mass is 16.5. The Kier molecular flexibility index (Phi) is 5.20. The lowest BCUT2D eigenvalue weighted by atomic mass is 10.2. The summed E-state index contributed by atoms with van der Waals surface area (Å²) in [5, 5.41) is 2.81. The third-order valence-electron chi connectivity index (χ3n) is 3.51. The van der Waals surface area contributed by atoms with Crippen molar-refractivity contribution in [1.82, 2.24) is 10.3 Å². The van der Waals surface area contributed by atoms with Crippen LogP contribution < -0.4 is 10.1 Å². The predicted octanol–water partition coefficient (Wildman–Crippen LogP) is 3.07. The van der Waals surface area contributed by atoms with Crippen molar-refractivity contribution in [2.45, 2.75) is 46.8 Å². The van der Waals surface area contributed by atoms with E-state index in [2.05, 4.69) is 10.3 Å². The molecule has 118 valence electrons. The zero-order valence-corrected chi connectivity index (χ0v) is 13.5. The van der Waals surface area contributed by atoms with Gasteiger partial charge < -0.3 is 14.5 Å². The molecule has 0 bridgehead atoms. The Morgan fingerprint density at radius 3 is 2.64 bits per heavy atom. The van der Waals surface area contributed by atoms with Crippen LogP contribution in [0.5, 0.6) is 5.75 Å². The van der Waals surface area contributed by atoms with Crippen molar-refractivity contribution >= 4 is 5.91 Å². The fourth-order valence-electron chi connectivity index (χ4n) is 2.06. The highest BCUT2D eigenvalue weighted by Crippen LogP contribution is 2.19. The Hall–Kier alpha value is -2.30. The number of hydrogen-bond donors (Lipinski definition) is 1. The van der Waals surface area contributed by atoms with E-state index in [1.165, 1.54) is 0 Å². The number of benzene rings is 1.